The predicted octanol–water partition coefficient (Wildman–Crippen LogP) is -1.79. The van der Waals surface area contributed by atoms with Crippen molar-refractivity contribution in [2.45, 2.75) is 31.0 Å². The molecular weight excluding hydrogens is 502 g/mol. The van der Waals surface area contributed by atoms with Gasteiger partial charge in [0.05, 0.1) is 67.7 Å². The Hall–Kier alpha value is -4.09. The molecule has 204 valence electrons. The van der Waals surface area contributed by atoms with Gasteiger partial charge in [-0.1, -0.05) is 54.6 Å². The molecule has 8 unspecified atom stereocenters. The van der Waals surface area contributed by atoms with E-state index >= 15 is 0 Å². The highest BCUT2D eigenvalue weighted by Gasteiger charge is 2.60. The number of carbonyl (C=O) groups excluding carboxylic acids is 4. The van der Waals surface area contributed by atoms with Crippen LogP contribution in [0.15, 0.2) is 67.8 Å². The summed E-state index contributed by atoms with van der Waals surface area (Å²) in [6.45, 7) is 8.06. The molecule has 0 bridgehead atoms. The fraction of sp³-hybridized carbons (Fsp3) is 0.393. The first-order valence-electron chi connectivity index (χ1n) is 12.9. The number of nitrogens with zero attached hydrogens (tertiary/aromatic N) is 2. The van der Waals surface area contributed by atoms with Gasteiger partial charge in [-0.05, 0) is 5.56 Å². The topological polar surface area (TPSA) is 159 Å². The molecule has 4 fully saturated rings. The van der Waals surface area contributed by atoms with E-state index in [9.17, 15) is 19.2 Å². The van der Waals surface area contributed by atoms with Gasteiger partial charge in [-0.25, -0.2) is 0 Å². The summed E-state index contributed by atoms with van der Waals surface area (Å²) in [7, 11) is 0. The summed E-state index contributed by atoms with van der Waals surface area (Å²) in [6, 6.07) is 9.30. The SMILES string of the molecule is C=CC1OC(/C=C\C2OC(C=C)C3C(=O)N(Cc4ccccc4)C(=O)C23)C2C(=O)N(CC[NH+]=C(N)N)C(=O)C12. The van der Waals surface area contributed by atoms with E-state index in [1.54, 1.807) is 12.2 Å². The highest BCUT2D eigenvalue weighted by molar-refractivity contribution is 6.07. The van der Waals surface area contributed by atoms with E-state index in [1.807, 2.05) is 30.3 Å². The number of fused-ring (bicyclic) bond motifs is 2. The molecule has 0 aromatic heterocycles. The lowest BCUT2D eigenvalue weighted by Gasteiger charge is -2.20. The summed E-state index contributed by atoms with van der Waals surface area (Å²) >= 11 is 0. The molecule has 4 saturated heterocycles. The third-order valence-corrected chi connectivity index (χ3v) is 7.83. The van der Waals surface area contributed by atoms with Gasteiger partial charge in [-0.2, -0.15) is 0 Å². The van der Waals surface area contributed by atoms with Gasteiger partial charge in [0.2, 0.25) is 23.6 Å². The number of hydrogen-bond donors (Lipinski definition) is 3. The Bertz CT molecular complexity index is 1260. The van der Waals surface area contributed by atoms with Crippen molar-refractivity contribution in [3.8, 4) is 0 Å². The largest absolute Gasteiger partial charge is 0.365 e. The number of amides is 4. The van der Waals surface area contributed by atoms with Crippen LogP contribution in [0.25, 0.3) is 0 Å². The van der Waals surface area contributed by atoms with Gasteiger partial charge in [-0.15, -0.1) is 13.2 Å². The van der Waals surface area contributed by atoms with E-state index in [4.69, 9.17) is 20.9 Å². The summed E-state index contributed by atoms with van der Waals surface area (Å²) in [6.07, 6.45) is 3.62. The molecule has 1 aromatic carbocycles. The van der Waals surface area contributed by atoms with Crippen molar-refractivity contribution in [2.24, 2.45) is 35.1 Å². The first-order chi connectivity index (χ1) is 18.8. The number of rotatable bonds is 9. The highest BCUT2D eigenvalue weighted by Crippen LogP contribution is 2.44. The maximum Gasteiger partial charge on any atom is 0.338 e. The number of carbonyl (C=O) groups is 4. The number of likely N-dealkylation sites (tertiary alicyclic amines) is 2. The van der Waals surface area contributed by atoms with Crippen LogP contribution in [0.2, 0.25) is 0 Å². The number of hydrogen-bond acceptors (Lipinski definition) is 6. The Morgan fingerprint density at radius 2 is 1.23 bits per heavy atom. The second-order valence-corrected chi connectivity index (χ2v) is 10.0. The molecule has 4 heterocycles. The second-order valence-electron chi connectivity index (χ2n) is 10.0. The van der Waals surface area contributed by atoms with E-state index in [-0.39, 0.29) is 49.2 Å². The minimum Gasteiger partial charge on any atom is -0.365 e. The predicted molar refractivity (Wildman–Crippen MR) is 139 cm³/mol. The summed E-state index contributed by atoms with van der Waals surface area (Å²) in [5, 5.41) is 0. The summed E-state index contributed by atoms with van der Waals surface area (Å²) in [5.74, 6) is -4.20. The van der Waals surface area contributed by atoms with Gasteiger partial charge in [0.15, 0.2) is 0 Å². The minimum absolute atomic E-state index is 0.00243. The van der Waals surface area contributed by atoms with Gasteiger partial charge in [0.1, 0.15) is 0 Å². The molecule has 0 radical (unpaired) electrons. The lowest BCUT2D eigenvalue weighted by atomic mass is 9.87. The average Bonchev–Trinajstić information content (AvgIpc) is 3.62. The maximum absolute atomic E-state index is 13.4. The number of benzene rings is 1. The molecule has 4 aliphatic rings. The third kappa shape index (κ3) is 4.57. The monoisotopic (exact) mass is 534 g/mol. The molecule has 0 saturated carbocycles. The van der Waals surface area contributed by atoms with Crippen LogP contribution < -0.4 is 16.5 Å². The van der Waals surface area contributed by atoms with Crippen LogP contribution in [-0.4, -0.2) is 76.9 Å². The smallest absolute Gasteiger partial charge is 0.338 e. The Balaban J connectivity index is 1.35. The van der Waals surface area contributed by atoms with Crippen molar-refractivity contribution >= 4 is 29.6 Å². The Morgan fingerprint density at radius 1 is 0.769 bits per heavy atom. The molecule has 1 aromatic rings. The normalized spacial score (nSPS) is 33.6. The number of nitrogens with two attached hydrogens (primary N) is 2. The van der Waals surface area contributed by atoms with E-state index in [0.29, 0.717) is 0 Å². The zero-order chi connectivity index (χ0) is 27.8. The zero-order valence-electron chi connectivity index (χ0n) is 21.3. The molecule has 4 amide bonds. The van der Waals surface area contributed by atoms with Gasteiger partial charge >= 0.3 is 5.96 Å². The second kappa shape index (κ2) is 10.6. The van der Waals surface area contributed by atoms with Crippen LogP contribution in [0, 0.1) is 23.7 Å². The fourth-order valence-electron chi connectivity index (χ4n) is 6.04. The maximum atomic E-state index is 13.4. The first-order valence-corrected chi connectivity index (χ1v) is 12.9. The van der Waals surface area contributed by atoms with Gasteiger partial charge < -0.3 is 9.47 Å². The highest BCUT2D eigenvalue weighted by atomic mass is 16.5. The van der Waals surface area contributed by atoms with Gasteiger partial charge in [-0.3, -0.25) is 45.4 Å². The molecule has 0 spiro atoms. The van der Waals surface area contributed by atoms with Crippen molar-refractivity contribution < 1.29 is 33.6 Å². The van der Waals surface area contributed by atoms with Crippen molar-refractivity contribution in [3.05, 3.63) is 73.4 Å². The summed E-state index contributed by atoms with van der Waals surface area (Å²) in [4.78, 5) is 58.2. The third-order valence-electron chi connectivity index (χ3n) is 7.83. The summed E-state index contributed by atoms with van der Waals surface area (Å²) < 4.78 is 12.1. The first kappa shape index (κ1) is 26.5. The lowest BCUT2D eigenvalue weighted by Crippen LogP contribution is -2.79. The fourth-order valence-corrected chi connectivity index (χ4v) is 6.04. The number of imide groups is 2. The number of nitrogens with one attached hydrogen (secondary N) is 1. The molecule has 11 heteroatoms. The Labute approximate surface area is 225 Å². The number of ether oxygens (including phenoxy) is 2. The van der Waals surface area contributed by atoms with Crippen LogP contribution in [-0.2, 0) is 35.2 Å². The molecule has 5 N–H and O–H groups in total. The molecule has 39 heavy (non-hydrogen) atoms. The van der Waals surface area contributed by atoms with Gasteiger partial charge in [0, 0.05) is 0 Å². The molecule has 11 nitrogen and oxygen atoms in total. The van der Waals surface area contributed by atoms with Crippen LogP contribution in [0.3, 0.4) is 0 Å². The Kier molecular flexibility index (Phi) is 7.19. The minimum atomic E-state index is -0.751. The molecule has 5 rings (SSSR count). The van der Waals surface area contributed by atoms with Crippen molar-refractivity contribution in [3.63, 3.8) is 0 Å². The van der Waals surface area contributed by atoms with Crippen molar-refractivity contribution in [2.75, 3.05) is 13.1 Å². The standard InChI is InChI=1S/C28H31N5O6/c1-3-16-20-22(25(35)32(24(20)34)13-12-31-28(29)30)18(38-16)10-11-19-23-21(17(4-2)39-19)26(36)33(27(23)37)14-15-8-6-5-7-9-15/h3-11,16-23H,1-2,12-14H2,(H4,29,30,31)/p+1/b11-10-. The quantitative estimate of drug-likeness (QED) is 0.145. The van der Waals surface area contributed by atoms with Crippen LogP contribution in [0.4, 0.5) is 0 Å². The molecule has 0 aliphatic carbocycles. The number of guanidine groups is 1. The van der Waals surface area contributed by atoms with Crippen LogP contribution >= 0.6 is 0 Å². The molecular formula is C28H32N5O6+. The van der Waals surface area contributed by atoms with Crippen molar-refractivity contribution in [1.29, 1.82) is 0 Å². The zero-order valence-corrected chi connectivity index (χ0v) is 21.3. The van der Waals surface area contributed by atoms with Crippen LogP contribution in [0.1, 0.15) is 5.56 Å². The average molecular weight is 535 g/mol. The van der Waals surface area contributed by atoms with Crippen LogP contribution in [0.5, 0.6) is 0 Å². The summed E-state index contributed by atoms with van der Waals surface area (Å²) in [5.41, 5.74) is 11.7. The van der Waals surface area contributed by atoms with E-state index in [1.165, 1.54) is 22.0 Å². The van der Waals surface area contributed by atoms with Gasteiger partial charge in [0.25, 0.3) is 0 Å². The van der Waals surface area contributed by atoms with Crippen molar-refractivity contribution in [1.82, 2.24) is 9.80 Å². The molecule has 8 atom stereocenters. The molecule has 4 aliphatic heterocycles. The van der Waals surface area contributed by atoms with E-state index in [0.717, 1.165) is 5.56 Å². The van der Waals surface area contributed by atoms with E-state index in [2.05, 4.69) is 18.2 Å². The lowest BCUT2D eigenvalue weighted by molar-refractivity contribution is -0.458. The Morgan fingerprint density at radius 3 is 1.69 bits per heavy atom. The van der Waals surface area contributed by atoms with E-state index < -0.39 is 48.1 Å².